The van der Waals surface area contributed by atoms with Crippen LogP contribution >= 0.6 is 0 Å². The average Bonchev–Trinajstić information content (AvgIpc) is 2.57. The smallest absolute Gasteiger partial charge is 0.335 e. The summed E-state index contributed by atoms with van der Waals surface area (Å²) in [5.74, 6) is 0.00488. The normalized spacial score (nSPS) is 11.3. The number of nitrogens with one attached hydrogen (secondary N) is 1. The van der Waals surface area contributed by atoms with Gasteiger partial charge in [0.15, 0.2) is 0 Å². The van der Waals surface area contributed by atoms with Crippen molar-refractivity contribution in [3.63, 3.8) is 0 Å². The van der Waals surface area contributed by atoms with Crippen molar-refractivity contribution in [2.24, 2.45) is 5.41 Å². The second-order valence-electron chi connectivity index (χ2n) is 7.43. The highest BCUT2D eigenvalue weighted by Crippen LogP contribution is 2.18. The predicted molar refractivity (Wildman–Crippen MR) is 100 cm³/mol. The highest BCUT2D eigenvalue weighted by molar-refractivity contribution is 5.87. The minimum atomic E-state index is -0.887. The lowest BCUT2D eigenvalue weighted by atomic mass is 9.99. The SMILES string of the molecule is CC(C)(C)COc1cccc(CNCCc2cccc(C(=O)O)c2)c1. The molecule has 0 saturated carbocycles. The van der Waals surface area contributed by atoms with Crippen molar-refractivity contribution in [2.45, 2.75) is 33.7 Å². The molecule has 0 saturated heterocycles. The fraction of sp³-hybridized carbons (Fsp3) is 0.381. The number of rotatable bonds is 8. The summed E-state index contributed by atoms with van der Waals surface area (Å²) in [4.78, 5) is 11.0. The lowest BCUT2D eigenvalue weighted by molar-refractivity contribution is 0.0696. The van der Waals surface area contributed by atoms with Gasteiger partial charge >= 0.3 is 5.97 Å². The van der Waals surface area contributed by atoms with Crippen molar-refractivity contribution in [1.82, 2.24) is 5.32 Å². The van der Waals surface area contributed by atoms with Crippen LogP contribution in [0.2, 0.25) is 0 Å². The molecule has 4 heteroatoms. The Morgan fingerprint density at radius 3 is 2.52 bits per heavy atom. The maximum atomic E-state index is 11.0. The number of carboxylic acids is 1. The number of carboxylic acid groups (broad SMARTS) is 1. The maximum absolute atomic E-state index is 11.0. The van der Waals surface area contributed by atoms with Crippen LogP contribution in [0, 0.1) is 5.41 Å². The van der Waals surface area contributed by atoms with E-state index in [-0.39, 0.29) is 5.41 Å². The standard InChI is InChI=1S/C21H27NO3/c1-21(2,3)15-25-19-9-5-7-17(13-19)14-22-11-10-16-6-4-8-18(12-16)20(23)24/h4-9,12-13,22H,10-11,14-15H2,1-3H3,(H,23,24). The van der Waals surface area contributed by atoms with Gasteiger partial charge in [0.25, 0.3) is 0 Å². The molecule has 25 heavy (non-hydrogen) atoms. The Kier molecular flexibility index (Phi) is 6.59. The zero-order valence-corrected chi connectivity index (χ0v) is 15.2. The first-order chi connectivity index (χ1) is 11.8. The van der Waals surface area contributed by atoms with Gasteiger partial charge in [-0.1, -0.05) is 45.0 Å². The lowest BCUT2D eigenvalue weighted by Gasteiger charge is -2.19. The van der Waals surface area contributed by atoms with Crippen molar-refractivity contribution in [3.05, 3.63) is 65.2 Å². The Bertz CT molecular complexity index is 704. The van der Waals surface area contributed by atoms with Crippen LogP contribution in [-0.2, 0) is 13.0 Å². The van der Waals surface area contributed by atoms with Crippen LogP contribution in [0.4, 0.5) is 0 Å². The van der Waals surface area contributed by atoms with Crippen LogP contribution in [0.1, 0.15) is 42.3 Å². The molecule has 0 spiro atoms. The van der Waals surface area contributed by atoms with Gasteiger partial charge in [-0.25, -0.2) is 4.79 Å². The molecule has 0 atom stereocenters. The van der Waals surface area contributed by atoms with Crippen LogP contribution < -0.4 is 10.1 Å². The van der Waals surface area contributed by atoms with Crippen LogP contribution in [0.15, 0.2) is 48.5 Å². The Balaban J connectivity index is 1.80. The molecule has 4 nitrogen and oxygen atoms in total. The van der Waals surface area contributed by atoms with Gasteiger partial charge < -0.3 is 15.2 Å². The highest BCUT2D eigenvalue weighted by atomic mass is 16.5. The van der Waals surface area contributed by atoms with Gasteiger partial charge in [0.2, 0.25) is 0 Å². The zero-order valence-electron chi connectivity index (χ0n) is 15.2. The van der Waals surface area contributed by atoms with Crippen molar-refractivity contribution < 1.29 is 14.6 Å². The van der Waals surface area contributed by atoms with Crippen LogP contribution in [-0.4, -0.2) is 24.2 Å². The highest BCUT2D eigenvalue weighted by Gasteiger charge is 2.11. The number of benzene rings is 2. The first kappa shape index (κ1) is 19.0. The summed E-state index contributed by atoms with van der Waals surface area (Å²) in [5.41, 5.74) is 2.67. The van der Waals surface area contributed by atoms with Gasteiger partial charge in [-0.15, -0.1) is 0 Å². The first-order valence-corrected chi connectivity index (χ1v) is 8.58. The second kappa shape index (κ2) is 8.67. The lowest BCUT2D eigenvalue weighted by Crippen LogP contribution is -2.18. The van der Waals surface area contributed by atoms with Crippen LogP contribution in [0.25, 0.3) is 0 Å². The Morgan fingerprint density at radius 2 is 1.80 bits per heavy atom. The first-order valence-electron chi connectivity index (χ1n) is 8.58. The van der Waals surface area contributed by atoms with E-state index in [1.54, 1.807) is 18.2 Å². The van der Waals surface area contributed by atoms with Gasteiger partial charge in [0.1, 0.15) is 5.75 Å². The molecule has 0 aliphatic heterocycles. The van der Waals surface area contributed by atoms with E-state index >= 15 is 0 Å². The number of hydrogen-bond acceptors (Lipinski definition) is 3. The van der Waals surface area contributed by atoms with Gasteiger partial charge in [-0.05, 0) is 53.8 Å². The summed E-state index contributed by atoms with van der Waals surface area (Å²) in [6.45, 7) is 8.68. The molecule has 0 radical (unpaired) electrons. The molecule has 0 aliphatic carbocycles. The third kappa shape index (κ3) is 6.98. The molecule has 0 fully saturated rings. The fourth-order valence-corrected chi connectivity index (χ4v) is 2.37. The minimum Gasteiger partial charge on any atom is -0.493 e. The third-order valence-electron chi connectivity index (χ3n) is 3.66. The molecule has 0 aromatic heterocycles. The van der Waals surface area contributed by atoms with Gasteiger partial charge in [-0.3, -0.25) is 0 Å². The van der Waals surface area contributed by atoms with Gasteiger partial charge in [0.05, 0.1) is 12.2 Å². The molecule has 0 heterocycles. The van der Waals surface area contributed by atoms with E-state index < -0.39 is 5.97 Å². The van der Waals surface area contributed by atoms with E-state index in [0.717, 1.165) is 30.8 Å². The quantitative estimate of drug-likeness (QED) is 0.709. The van der Waals surface area contributed by atoms with Crippen LogP contribution in [0.3, 0.4) is 0 Å². The van der Waals surface area contributed by atoms with Crippen molar-refractivity contribution in [1.29, 1.82) is 0 Å². The van der Waals surface area contributed by atoms with E-state index in [1.165, 1.54) is 5.56 Å². The molecular formula is C21H27NO3. The molecule has 2 aromatic rings. The number of ether oxygens (including phenoxy) is 1. The minimum absolute atomic E-state index is 0.138. The summed E-state index contributed by atoms with van der Waals surface area (Å²) < 4.78 is 5.84. The number of carbonyl (C=O) groups is 1. The van der Waals surface area contributed by atoms with Gasteiger partial charge in [0, 0.05) is 6.54 Å². The molecule has 0 unspecified atom stereocenters. The zero-order chi connectivity index (χ0) is 18.3. The molecule has 2 aromatic carbocycles. The molecule has 0 bridgehead atoms. The predicted octanol–water partition coefficient (Wildman–Crippen LogP) is 4.14. The number of aromatic carboxylic acids is 1. The van der Waals surface area contributed by atoms with E-state index in [2.05, 4.69) is 38.2 Å². The molecular weight excluding hydrogens is 314 g/mol. The van der Waals surface area contributed by atoms with E-state index in [4.69, 9.17) is 9.84 Å². The van der Waals surface area contributed by atoms with Gasteiger partial charge in [-0.2, -0.15) is 0 Å². The molecule has 2 rings (SSSR count). The summed E-state index contributed by atoms with van der Waals surface area (Å²) in [7, 11) is 0. The maximum Gasteiger partial charge on any atom is 0.335 e. The Labute approximate surface area is 149 Å². The largest absolute Gasteiger partial charge is 0.493 e. The van der Waals surface area contributed by atoms with E-state index in [0.29, 0.717) is 12.2 Å². The Hall–Kier alpha value is -2.33. The molecule has 2 N–H and O–H groups in total. The fourth-order valence-electron chi connectivity index (χ4n) is 2.37. The van der Waals surface area contributed by atoms with Crippen molar-refractivity contribution in [2.75, 3.05) is 13.2 Å². The molecule has 0 aliphatic rings. The van der Waals surface area contributed by atoms with Crippen molar-refractivity contribution >= 4 is 5.97 Å². The van der Waals surface area contributed by atoms with E-state index in [9.17, 15) is 4.79 Å². The summed E-state index contributed by atoms with van der Waals surface area (Å²) in [5, 5.41) is 12.4. The monoisotopic (exact) mass is 341 g/mol. The third-order valence-corrected chi connectivity index (χ3v) is 3.66. The van der Waals surface area contributed by atoms with E-state index in [1.807, 2.05) is 18.2 Å². The molecule has 0 amide bonds. The number of hydrogen-bond donors (Lipinski definition) is 2. The van der Waals surface area contributed by atoms with Crippen LogP contribution in [0.5, 0.6) is 5.75 Å². The second-order valence-corrected chi connectivity index (χ2v) is 7.43. The topological polar surface area (TPSA) is 58.6 Å². The average molecular weight is 341 g/mol. The summed E-state index contributed by atoms with van der Waals surface area (Å²) >= 11 is 0. The summed E-state index contributed by atoms with van der Waals surface area (Å²) in [6, 6.07) is 15.2. The Morgan fingerprint density at radius 1 is 1.08 bits per heavy atom. The van der Waals surface area contributed by atoms with Crippen molar-refractivity contribution in [3.8, 4) is 5.75 Å². The molecule has 134 valence electrons. The summed E-state index contributed by atoms with van der Waals surface area (Å²) in [6.07, 6.45) is 0.793.